The topological polar surface area (TPSA) is 141 Å². The van der Waals surface area contributed by atoms with Gasteiger partial charge in [0, 0.05) is 11.7 Å². The maximum absolute atomic E-state index is 14.1. The lowest BCUT2D eigenvalue weighted by Gasteiger charge is -2.32. The van der Waals surface area contributed by atoms with Gasteiger partial charge in [0.05, 0.1) is 12.3 Å². The lowest BCUT2D eigenvalue weighted by molar-refractivity contribution is -0.123. The molecule has 0 radical (unpaired) electrons. The maximum Gasteiger partial charge on any atom is 0.273 e. The SMILES string of the molecule is CCOc1ccc([C@@H](C(=O)NC2CCCC2)N(C(=O)c2snc(C(N)=O)c2N)c2ccc(CC)cc2)cc1. The summed E-state index contributed by atoms with van der Waals surface area (Å²) in [4.78, 5) is 41.3. The molecule has 5 N–H and O–H groups in total. The van der Waals surface area contributed by atoms with Gasteiger partial charge in [0.15, 0.2) is 5.69 Å². The quantitative estimate of drug-likeness (QED) is 0.355. The van der Waals surface area contributed by atoms with Gasteiger partial charge in [0.25, 0.3) is 11.8 Å². The lowest BCUT2D eigenvalue weighted by atomic mass is 10.0. The maximum atomic E-state index is 14.1. The van der Waals surface area contributed by atoms with E-state index in [-0.39, 0.29) is 28.2 Å². The molecule has 1 atom stereocenters. The largest absolute Gasteiger partial charge is 0.494 e. The van der Waals surface area contributed by atoms with Gasteiger partial charge in [0.2, 0.25) is 5.91 Å². The zero-order valence-electron chi connectivity index (χ0n) is 21.6. The van der Waals surface area contributed by atoms with E-state index in [4.69, 9.17) is 16.2 Å². The Kier molecular flexibility index (Phi) is 8.62. The predicted octanol–water partition coefficient (Wildman–Crippen LogP) is 4.23. The summed E-state index contributed by atoms with van der Waals surface area (Å²) in [5.74, 6) is -1.00. The van der Waals surface area contributed by atoms with E-state index in [0.29, 0.717) is 23.6 Å². The number of hydrogen-bond acceptors (Lipinski definition) is 7. The van der Waals surface area contributed by atoms with Crippen molar-refractivity contribution in [2.75, 3.05) is 17.2 Å². The number of carbonyl (C=O) groups excluding carboxylic acids is 3. The smallest absolute Gasteiger partial charge is 0.273 e. The van der Waals surface area contributed by atoms with Crippen molar-refractivity contribution in [3.8, 4) is 5.75 Å². The fourth-order valence-corrected chi connectivity index (χ4v) is 5.44. The number of primary amides is 1. The number of aryl methyl sites for hydroxylation is 1. The summed E-state index contributed by atoms with van der Waals surface area (Å²) in [5, 5.41) is 3.15. The monoisotopic (exact) mass is 535 g/mol. The molecule has 200 valence electrons. The highest BCUT2D eigenvalue weighted by atomic mass is 32.1. The molecule has 3 aromatic rings. The minimum absolute atomic E-state index is 0.0436. The molecule has 1 saturated carbocycles. The molecule has 0 saturated heterocycles. The van der Waals surface area contributed by atoms with Crippen LogP contribution in [0.15, 0.2) is 48.5 Å². The Morgan fingerprint density at radius 3 is 2.29 bits per heavy atom. The number of nitrogen functional groups attached to an aromatic ring is 1. The van der Waals surface area contributed by atoms with Crippen LogP contribution in [0.2, 0.25) is 0 Å². The number of carbonyl (C=O) groups is 3. The van der Waals surface area contributed by atoms with E-state index in [2.05, 4.69) is 9.69 Å². The number of benzene rings is 2. The van der Waals surface area contributed by atoms with Crippen molar-refractivity contribution in [1.29, 1.82) is 0 Å². The second-order valence-electron chi connectivity index (χ2n) is 9.23. The van der Waals surface area contributed by atoms with Crippen molar-refractivity contribution in [1.82, 2.24) is 9.69 Å². The fraction of sp³-hybridized carbons (Fsp3) is 0.357. The molecule has 0 aliphatic heterocycles. The van der Waals surface area contributed by atoms with Crippen molar-refractivity contribution < 1.29 is 19.1 Å². The van der Waals surface area contributed by atoms with E-state index in [0.717, 1.165) is 49.2 Å². The van der Waals surface area contributed by atoms with Crippen LogP contribution in [0.25, 0.3) is 0 Å². The van der Waals surface area contributed by atoms with Gasteiger partial charge in [-0.15, -0.1) is 0 Å². The zero-order chi connectivity index (χ0) is 27.2. The Morgan fingerprint density at radius 2 is 1.74 bits per heavy atom. The summed E-state index contributed by atoms with van der Waals surface area (Å²) in [7, 11) is 0. The van der Waals surface area contributed by atoms with Crippen molar-refractivity contribution in [2.24, 2.45) is 5.73 Å². The van der Waals surface area contributed by atoms with Crippen molar-refractivity contribution in [2.45, 2.75) is 58.0 Å². The normalized spacial score (nSPS) is 14.2. The van der Waals surface area contributed by atoms with Crippen LogP contribution < -0.4 is 26.4 Å². The first kappa shape index (κ1) is 27.1. The first-order chi connectivity index (χ1) is 18.3. The van der Waals surface area contributed by atoms with Gasteiger partial charge in [-0.05, 0) is 73.1 Å². The first-order valence-corrected chi connectivity index (χ1v) is 13.6. The van der Waals surface area contributed by atoms with E-state index in [1.807, 2.05) is 38.1 Å². The van der Waals surface area contributed by atoms with Gasteiger partial charge in [-0.3, -0.25) is 19.3 Å². The molecule has 38 heavy (non-hydrogen) atoms. The van der Waals surface area contributed by atoms with Crippen molar-refractivity contribution >= 4 is 40.6 Å². The van der Waals surface area contributed by atoms with Crippen LogP contribution in [-0.2, 0) is 11.2 Å². The molecule has 1 aliphatic carbocycles. The van der Waals surface area contributed by atoms with Crippen molar-refractivity contribution in [3.63, 3.8) is 0 Å². The molecular weight excluding hydrogens is 502 g/mol. The van der Waals surface area contributed by atoms with Gasteiger partial charge >= 0.3 is 0 Å². The van der Waals surface area contributed by atoms with E-state index < -0.39 is 17.9 Å². The van der Waals surface area contributed by atoms with Crippen LogP contribution in [0.3, 0.4) is 0 Å². The summed E-state index contributed by atoms with van der Waals surface area (Å²) in [6.07, 6.45) is 4.71. The Bertz CT molecular complexity index is 1280. The standard InChI is InChI=1S/C28H33N5O4S/c1-3-17-9-13-20(14-10-17)33(28(36)25-22(29)23(26(30)34)32-38-25)24(27(35)31-19-7-5-6-8-19)18-11-15-21(16-12-18)37-4-2/h9-16,19,24H,3-8,29H2,1-2H3,(H2,30,34)(H,31,35)/t24-/m0/s1. The van der Waals surface area contributed by atoms with E-state index in [9.17, 15) is 14.4 Å². The van der Waals surface area contributed by atoms with Crippen molar-refractivity contribution in [3.05, 3.63) is 70.2 Å². The molecule has 9 nitrogen and oxygen atoms in total. The third-order valence-corrected chi connectivity index (χ3v) is 7.56. The minimum Gasteiger partial charge on any atom is -0.494 e. The summed E-state index contributed by atoms with van der Waals surface area (Å²) in [5.41, 5.74) is 13.5. The number of nitrogens with two attached hydrogens (primary N) is 2. The summed E-state index contributed by atoms with van der Waals surface area (Å²) in [6, 6.07) is 13.6. The van der Waals surface area contributed by atoms with Gasteiger partial charge in [0.1, 0.15) is 16.7 Å². The second kappa shape index (κ2) is 12.1. The zero-order valence-corrected chi connectivity index (χ0v) is 22.4. The number of ether oxygens (including phenoxy) is 1. The molecule has 1 aliphatic rings. The van der Waals surface area contributed by atoms with Crippen LogP contribution in [0.4, 0.5) is 11.4 Å². The predicted molar refractivity (Wildman–Crippen MR) is 148 cm³/mol. The number of rotatable bonds is 10. The van der Waals surface area contributed by atoms with Gasteiger partial charge in [-0.25, -0.2) is 0 Å². The Labute approximate surface area is 226 Å². The molecule has 1 fully saturated rings. The molecule has 3 amide bonds. The minimum atomic E-state index is -1.01. The molecule has 1 heterocycles. The molecule has 0 spiro atoms. The number of aromatic nitrogens is 1. The highest BCUT2D eigenvalue weighted by molar-refractivity contribution is 7.09. The third kappa shape index (κ3) is 5.80. The fourth-order valence-electron chi connectivity index (χ4n) is 4.70. The highest BCUT2D eigenvalue weighted by Gasteiger charge is 2.37. The summed E-state index contributed by atoms with van der Waals surface area (Å²) >= 11 is 0.791. The van der Waals surface area contributed by atoms with Gasteiger partial charge < -0.3 is 21.5 Å². The Balaban J connectivity index is 1.84. The molecule has 0 bridgehead atoms. The summed E-state index contributed by atoms with van der Waals surface area (Å²) < 4.78 is 9.60. The number of nitrogens with one attached hydrogen (secondary N) is 1. The average Bonchev–Trinajstić information content (AvgIpc) is 3.57. The number of anilines is 2. The molecular formula is C28H33N5O4S. The second-order valence-corrected chi connectivity index (χ2v) is 10.0. The van der Waals surface area contributed by atoms with E-state index in [1.165, 1.54) is 4.90 Å². The Hall–Kier alpha value is -3.92. The third-order valence-electron chi connectivity index (χ3n) is 6.71. The summed E-state index contributed by atoms with van der Waals surface area (Å²) in [6.45, 7) is 4.44. The highest BCUT2D eigenvalue weighted by Crippen LogP contribution is 2.34. The van der Waals surface area contributed by atoms with Crippen LogP contribution in [0, 0.1) is 0 Å². The number of hydrogen-bond donors (Lipinski definition) is 3. The molecule has 4 rings (SSSR count). The van der Waals surface area contributed by atoms with E-state index >= 15 is 0 Å². The average molecular weight is 536 g/mol. The van der Waals surface area contributed by atoms with Crippen LogP contribution in [0.1, 0.15) is 76.9 Å². The molecule has 2 aromatic carbocycles. The number of amides is 3. The van der Waals surface area contributed by atoms with Crippen LogP contribution in [0.5, 0.6) is 5.75 Å². The van der Waals surface area contributed by atoms with E-state index in [1.54, 1.807) is 24.3 Å². The molecule has 1 aromatic heterocycles. The Morgan fingerprint density at radius 1 is 1.08 bits per heavy atom. The van der Waals surface area contributed by atoms with Crippen LogP contribution in [-0.4, -0.2) is 34.7 Å². The molecule has 0 unspecified atom stereocenters. The first-order valence-electron chi connectivity index (χ1n) is 12.8. The van der Waals surface area contributed by atoms with Crippen LogP contribution >= 0.6 is 11.5 Å². The van der Waals surface area contributed by atoms with Gasteiger partial charge in [-0.2, -0.15) is 4.37 Å². The number of nitrogens with zero attached hydrogens (tertiary/aromatic N) is 2. The lowest BCUT2D eigenvalue weighted by Crippen LogP contribution is -2.46. The molecule has 10 heteroatoms. The van der Waals surface area contributed by atoms with Gasteiger partial charge in [-0.1, -0.05) is 44.0 Å².